The molecule has 0 aliphatic rings. The Morgan fingerprint density at radius 1 is 0.962 bits per heavy atom. The molecule has 0 aliphatic carbocycles. The molecule has 154 valence electrons. The zero-order chi connectivity index (χ0) is 20.9. The van der Waals surface area contributed by atoms with E-state index in [2.05, 4.69) is 78.7 Å². The van der Waals surface area contributed by atoms with Crippen molar-refractivity contribution < 1.29 is 4.79 Å². The quantitative estimate of drug-likeness (QED) is 0.466. The molecule has 3 nitrogen and oxygen atoms in total. The molecule has 0 saturated heterocycles. The van der Waals surface area contributed by atoms with E-state index >= 15 is 0 Å². The average Bonchev–Trinajstić information content (AvgIpc) is 2.48. The van der Waals surface area contributed by atoms with Crippen LogP contribution in [0.3, 0.4) is 0 Å². The lowest BCUT2D eigenvalue weighted by Gasteiger charge is -2.54. The minimum Gasteiger partial charge on any atom is -0.370 e. The van der Waals surface area contributed by atoms with Crippen molar-refractivity contribution in [2.45, 2.75) is 107 Å². The first kappa shape index (κ1) is 25.0. The molecule has 0 atom stereocenters. The van der Waals surface area contributed by atoms with Gasteiger partial charge in [0.1, 0.15) is 0 Å². The minimum atomic E-state index is -0.190. The Labute approximate surface area is 164 Å². The molecule has 26 heavy (non-hydrogen) atoms. The number of nitrogens with zero attached hydrogens (tertiary/aromatic N) is 2. The summed E-state index contributed by atoms with van der Waals surface area (Å²) < 4.78 is 0. The van der Waals surface area contributed by atoms with Crippen LogP contribution in [0.15, 0.2) is 12.3 Å². The van der Waals surface area contributed by atoms with Crippen LogP contribution in [-0.4, -0.2) is 39.9 Å². The third-order valence-electron chi connectivity index (χ3n) is 5.97. The first-order chi connectivity index (χ1) is 11.6. The van der Waals surface area contributed by atoms with E-state index < -0.39 is 0 Å². The van der Waals surface area contributed by atoms with Gasteiger partial charge >= 0.3 is 0 Å². The van der Waals surface area contributed by atoms with Gasteiger partial charge in [0.05, 0.1) is 0 Å². The molecule has 0 spiro atoms. The lowest BCUT2D eigenvalue weighted by Crippen LogP contribution is -2.60. The summed E-state index contributed by atoms with van der Waals surface area (Å²) in [6.45, 7) is 30.0. The molecule has 0 aromatic carbocycles. The highest BCUT2D eigenvalue weighted by molar-refractivity contribution is 5.78. The smallest absolute Gasteiger partial charge is 0.225 e. The highest BCUT2D eigenvalue weighted by Crippen LogP contribution is 2.40. The fourth-order valence-corrected chi connectivity index (χ4v) is 3.44. The molecule has 0 aromatic rings. The molecule has 0 N–H and O–H groups in total. The normalized spacial score (nSPS) is 13.1. The second kappa shape index (κ2) is 9.28. The van der Waals surface area contributed by atoms with E-state index in [1.807, 2.05) is 13.8 Å². The molecule has 0 heterocycles. The monoisotopic (exact) mass is 366 g/mol. The number of carbonyl (C=O) groups excluding carboxylic acids is 1. The maximum Gasteiger partial charge on any atom is 0.225 e. The van der Waals surface area contributed by atoms with Crippen molar-refractivity contribution in [3.63, 3.8) is 0 Å². The van der Waals surface area contributed by atoms with E-state index in [0.717, 1.165) is 19.5 Å². The van der Waals surface area contributed by atoms with Crippen LogP contribution >= 0.6 is 0 Å². The van der Waals surface area contributed by atoms with Gasteiger partial charge in [0, 0.05) is 41.2 Å². The van der Waals surface area contributed by atoms with Gasteiger partial charge in [0.2, 0.25) is 5.91 Å². The summed E-state index contributed by atoms with van der Waals surface area (Å²) in [6, 6.07) is 0. The van der Waals surface area contributed by atoms with Crippen molar-refractivity contribution in [2.75, 3.05) is 13.1 Å². The first-order valence-electron chi connectivity index (χ1n) is 10.4. The third-order valence-corrected chi connectivity index (χ3v) is 5.97. The molecule has 3 heteroatoms. The summed E-state index contributed by atoms with van der Waals surface area (Å²) >= 11 is 0. The molecular formula is C23H46N2O. The van der Waals surface area contributed by atoms with Crippen LogP contribution < -0.4 is 0 Å². The molecule has 0 bridgehead atoms. The fraction of sp³-hybridized carbons (Fsp3) is 0.870. The molecule has 0 fully saturated rings. The van der Waals surface area contributed by atoms with Crippen molar-refractivity contribution >= 4 is 5.91 Å². The maximum absolute atomic E-state index is 12.9. The summed E-state index contributed by atoms with van der Waals surface area (Å²) in [5.41, 5.74) is 0.832. The molecule has 1 amide bonds. The number of amides is 1. The molecule has 0 unspecified atom stereocenters. The van der Waals surface area contributed by atoms with E-state index in [4.69, 9.17) is 0 Å². The van der Waals surface area contributed by atoms with Crippen LogP contribution in [0.2, 0.25) is 0 Å². The first-order valence-corrected chi connectivity index (χ1v) is 10.4. The van der Waals surface area contributed by atoms with E-state index in [9.17, 15) is 4.79 Å². The van der Waals surface area contributed by atoms with E-state index in [1.165, 1.54) is 18.5 Å². The predicted molar refractivity (Wildman–Crippen MR) is 115 cm³/mol. The summed E-state index contributed by atoms with van der Waals surface area (Å²) in [7, 11) is 0. The van der Waals surface area contributed by atoms with Crippen molar-refractivity contribution in [1.82, 2.24) is 9.80 Å². The average molecular weight is 367 g/mol. The standard InChI is InChI=1S/C23H46N2O/c1-13-15-16-19(5)24(14-2)23(11,12)22(9,10)17-25(21(6,7)8)20(26)18(3)4/h18H,5,13-17H2,1-4,6-12H3. The zero-order valence-electron chi connectivity index (χ0n) is 19.6. The Morgan fingerprint density at radius 3 is 1.81 bits per heavy atom. The van der Waals surface area contributed by atoms with Gasteiger partial charge in [0.25, 0.3) is 0 Å². The van der Waals surface area contributed by atoms with Crippen molar-refractivity contribution in [3.8, 4) is 0 Å². The van der Waals surface area contributed by atoms with Gasteiger partial charge in [-0.1, -0.05) is 47.6 Å². The number of unbranched alkanes of at least 4 members (excludes halogenated alkanes) is 1. The van der Waals surface area contributed by atoms with Gasteiger partial charge in [-0.15, -0.1) is 0 Å². The minimum absolute atomic E-state index is 0.00920. The molecular weight excluding hydrogens is 320 g/mol. The summed E-state index contributed by atoms with van der Waals surface area (Å²) in [4.78, 5) is 17.4. The summed E-state index contributed by atoms with van der Waals surface area (Å²) in [5.74, 6) is 0.240. The van der Waals surface area contributed by atoms with Crippen molar-refractivity contribution in [3.05, 3.63) is 12.3 Å². The topological polar surface area (TPSA) is 23.6 Å². The van der Waals surface area contributed by atoms with Crippen LogP contribution in [0.25, 0.3) is 0 Å². The lowest BCUT2D eigenvalue weighted by molar-refractivity contribution is -0.143. The fourth-order valence-electron chi connectivity index (χ4n) is 3.44. The van der Waals surface area contributed by atoms with Gasteiger partial charge < -0.3 is 9.80 Å². The number of carbonyl (C=O) groups is 1. The molecule has 0 rings (SSSR count). The molecule has 0 aromatic heterocycles. The Kier molecular flexibility index (Phi) is 8.93. The van der Waals surface area contributed by atoms with Gasteiger partial charge in [0.15, 0.2) is 0 Å². The number of allylic oxidation sites excluding steroid dienone is 1. The summed E-state index contributed by atoms with van der Waals surface area (Å²) in [6.07, 6.45) is 3.39. The maximum atomic E-state index is 12.9. The molecule has 0 aliphatic heterocycles. The van der Waals surface area contributed by atoms with Crippen LogP contribution in [0.1, 0.15) is 95.4 Å². The van der Waals surface area contributed by atoms with Gasteiger partial charge in [-0.3, -0.25) is 4.79 Å². The molecule has 0 saturated carbocycles. The lowest BCUT2D eigenvalue weighted by atomic mass is 9.71. The Morgan fingerprint density at radius 2 is 1.46 bits per heavy atom. The van der Waals surface area contributed by atoms with E-state index in [-0.39, 0.29) is 28.3 Å². The second-order valence-electron chi connectivity index (χ2n) is 10.1. The van der Waals surface area contributed by atoms with Crippen LogP contribution in [0.4, 0.5) is 0 Å². The van der Waals surface area contributed by atoms with Gasteiger partial charge in [-0.25, -0.2) is 0 Å². The van der Waals surface area contributed by atoms with Crippen molar-refractivity contribution in [2.24, 2.45) is 11.3 Å². The number of hydrogen-bond acceptors (Lipinski definition) is 2. The Bertz CT molecular complexity index is 469. The summed E-state index contributed by atoms with van der Waals surface area (Å²) in [5, 5.41) is 0. The third kappa shape index (κ3) is 6.03. The van der Waals surface area contributed by atoms with E-state index in [0.29, 0.717) is 0 Å². The largest absolute Gasteiger partial charge is 0.370 e. The Balaban J connectivity index is 5.71. The van der Waals surface area contributed by atoms with Crippen LogP contribution in [0, 0.1) is 11.3 Å². The zero-order valence-corrected chi connectivity index (χ0v) is 19.6. The molecule has 0 radical (unpaired) electrons. The Hall–Kier alpha value is -0.990. The highest BCUT2D eigenvalue weighted by atomic mass is 16.2. The van der Waals surface area contributed by atoms with Crippen LogP contribution in [-0.2, 0) is 4.79 Å². The van der Waals surface area contributed by atoms with Crippen molar-refractivity contribution in [1.29, 1.82) is 0 Å². The van der Waals surface area contributed by atoms with Gasteiger partial charge in [-0.2, -0.15) is 0 Å². The second-order valence-corrected chi connectivity index (χ2v) is 10.1. The highest BCUT2D eigenvalue weighted by Gasteiger charge is 2.45. The number of rotatable bonds is 10. The predicted octanol–water partition coefficient (Wildman–Crippen LogP) is 6.10. The van der Waals surface area contributed by atoms with Crippen LogP contribution in [0.5, 0.6) is 0 Å². The van der Waals surface area contributed by atoms with E-state index in [1.54, 1.807) is 0 Å². The van der Waals surface area contributed by atoms with Gasteiger partial charge in [-0.05, 0) is 54.4 Å². The number of hydrogen-bond donors (Lipinski definition) is 0. The SMILES string of the molecule is C=C(CCCC)N(CC)C(C)(C)C(C)(C)CN(C(=O)C(C)C)C(C)(C)C.